The van der Waals surface area contributed by atoms with E-state index in [1.54, 1.807) is 52.0 Å². The summed E-state index contributed by atoms with van der Waals surface area (Å²) in [6.45, 7) is 7.21. The van der Waals surface area contributed by atoms with Crippen LogP contribution in [0.4, 0.5) is 10.5 Å². The first-order valence-electron chi connectivity index (χ1n) is 14.0. The number of benzene rings is 4. The first kappa shape index (κ1) is 30.1. The van der Waals surface area contributed by atoms with Crippen molar-refractivity contribution in [3.63, 3.8) is 0 Å². The van der Waals surface area contributed by atoms with Gasteiger partial charge in [0.25, 0.3) is 5.91 Å². The van der Waals surface area contributed by atoms with Crippen LogP contribution in [0.3, 0.4) is 0 Å². The zero-order valence-electron chi connectivity index (χ0n) is 24.3. The van der Waals surface area contributed by atoms with E-state index in [0.29, 0.717) is 11.3 Å². The summed E-state index contributed by atoms with van der Waals surface area (Å²) in [7, 11) is 0. The Morgan fingerprint density at radius 1 is 0.857 bits per heavy atom. The van der Waals surface area contributed by atoms with Gasteiger partial charge in [0.05, 0.1) is 0 Å². The summed E-state index contributed by atoms with van der Waals surface area (Å²) in [5, 5.41) is 17.5. The number of aromatic hydroxyl groups is 1. The average Bonchev–Trinajstić information content (AvgIpc) is 2.95. The summed E-state index contributed by atoms with van der Waals surface area (Å²) in [4.78, 5) is 42.5. The maximum absolute atomic E-state index is 14.2. The Morgan fingerprint density at radius 3 is 2.14 bits per heavy atom. The number of nitrogens with one attached hydrogen (secondary N) is 2. The van der Waals surface area contributed by atoms with Crippen LogP contribution in [0.1, 0.15) is 44.9 Å². The minimum atomic E-state index is -1.04. The van der Waals surface area contributed by atoms with Crippen molar-refractivity contribution >= 4 is 34.4 Å². The maximum Gasteiger partial charge on any atom is 0.408 e. The first-order chi connectivity index (χ1) is 20.0. The summed E-state index contributed by atoms with van der Waals surface area (Å²) in [6, 6.07) is 27.0. The van der Waals surface area contributed by atoms with Gasteiger partial charge in [-0.15, -0.1) is 0 Å². The highest BCUT2D eigenvalue weighted by Crippen LogP contribution is 2.26. The molecule has 8 heteroatoms. The van der Waals surface area contributed by atoms with Crippen molar-refractivity contribution in [2.45, 2.75) is 51.8 Å². The normalized spacial score (nSPS) is 12.7. The lowest BCUT2D eigenvalue weighted by molar-refractivity contribution is -0.140. The summed E-state index contributed by atoms with van der Waals surface area (Å²) in [6.07, 6.45) is -0.615. The lowest BCUT2D eigenvalue weighted by Crippen LogP contribution is -2.53. The summed E-state index contributed by atoms with van der Waals surface area (Å²) in [5.41, 5.74) is 1.19. The number of likely N-dealkylation sites (N-methyl/N-ethyl adjacent to an activating group) is 1. The number of carbonyl (C=O) groups is 3. The van der Waals surface area contributed by atoms with Gasteiger partial charge in [0.1, 0.15) is 23.4 Å². The number of ether oxygens (including phenoxy) is 1. The zero-order chi connectivity index (χ0) is 30.3. The fourth-order valence-electron chi connectivity index (χ4n) is 4.77. The number of hydrogen-bond acceptors (Lipinski definition) is 5. The van der Waals surface area contributed by atoms with Crippen LogP contribution in [0.2, 0.25) is 0 Å². The molecule has 0 fully saturated rings. The molecule has 0 aromatic heterocycles. The molecule has 0 aliphatic heterocycles. The molecule has 0 aliphatic carbocycles. The number of fused-ring (bicyclic) bond motifs is 1. The molecule has 0 aliphatic rings. The molecular weight excluding hydrogens is 530 g/mol. The van der Waals surface area contributed by atoms with Crippen LogP contribution < -0.4 is 10.6 Å². The molecule has 42 heavy (non-hydrogen) atoms. The molecule has 0 saturated heterocycles. The van der Waals surface area contributed by atoms with Gasteiger partial charge in [0, 0.05) is 18.7 Å². The van der Waals surface area contributed by atoms with Crippen LogP contribution in [-0.4, -0.2) is 46.1 Å². The van der Waals surface area contributed by atoms with Gasteiger partial charge >= 0.3 is 6.09 Å². The van der Waals surface area contributed by atoms with Gasteiger partial charge in [-0.3, -0.25) is 9.59 Å². The van der Waals surface area contributed by atoms with Gasteiger partial charge in [0.2, 0.25) is 5.91 Å². The number of nitrogens with zero attached hydrogens (tertiary/aromatic N) is 1. The van der Waals surface area contributed by atoms with E-state index in [-0.39, 0.29) is 24.6 Å². The molecule has 3 amide bonds. The Balaban J connectivity index is 1.67. The number of phenolic OH excluding ortho intramolecular Hbond substituents is 1. The van der Waals surface area contributed by atoms with Crippen LogP contribution in [0, 0.1) is 0 Å². The molecule has 2 atom stereocenters. The fraction of sp³-hybridized carbons (Fsp3) is 0.265. The number of carbonyl (C=O) groups excluding carboxylic acids is 3. The van der Waals surface area contributed by atoms with Gasteiger partial charge < -0.3 is 25.4 Å². The summed E-state index contributed by atoms with van der Waals surface area (Å²) < 4.78 is 5.46. The van der Waals surface area contributed by atoms with E-state index in [4.69, 9.17) is 4.74 Å². The predicted molar refractivity (Wildman–Crippen MR) is 164 cm³/mol. The molecule has 0 bridgehead atoms. The molecule has 0 spiro atoms. The standard InChI is InChI=1S/C34H37N3O5/c1-5-37(32(40)29(36-33(41)42-34(2,3)4)21-23-15-19-28(38)20-16-23)30(25-12-7-6-8-13-25)31(39)35-27-18-17-24-11-9-10-14-26(24)22-27/h6-20,22,29-30,38H,5,21H2,1-4H3,(H,35,39)(H,36,41). The highest BCUT2D eigenvalue weighted by atomic mass is 16.6. The SMILES string of the molecule is CCN(C(=O)C(Cc1ccc(O)cc1)NC(=O)OC(C)(C)C)C(C(=O)Nc1ccc2ccccc2c1)c1ccccc1. The smallest absolute Gasteiger partial charge is 0.408 e. The lowest BCUT2D eigenvalue weighted by Gasteiger charge is -2.34. The molecule has 4 aromatic carbocycles. The van der Waals surface area contributed by atoms with Crippen LogP contribution in [0.15, 0.2) is 97.1 Å². The Morgan fingerprint density at radius 2 is 1.50 bits per heavy atom. The minimum Gasteiger partial charge on any atom is -0.508 e. The highest BCUT2D eigenvalue weighted by Gasteiger charge is 2.35. The predicted octanol–water partition coefficient (Wildman–Crippen LogP) is 6.21. The Kier molecular flexibility index (Phi) is 9.47. The van der Waals surface area contributed by atoms with Crippen LogP contribution >= 0.6 is 0 Å². The van der Waals surface area contributed by atoms with Crippen molar-refractivity contribution in [1.29, 1.82) is 0 Å². The van der Waals surface area contributed by atoms with E-state index in [0.717, 1.165) is 16.3 Å². The van der Waals surface area contributed by atoms with Crippen LogP contribution in [-0.2, 0) is 20.7 Å². The van der Waals surface area contributed by atoms with Crippen molar-refractivity contribution in [3.05, 3.63) is 108 Å². The number of phenols is 1. The van der Waals surface area contributed by atoms with E-state index in [2.05, 4.69) is 10.6 Å². The van der Waals surface area contributed by atoms with E-state index >= 15 is 0 Å². The molecule has 218 valence electrons. The van der Waals surface area contributed by atoms with E-state index in [9.17, 15) is 19.5 Å². The molecular formula is C34H37N3O5. The minimum absolute atomic E-state index is 0.0893. The Labute approximate surface area is 246 Å². The fourth-order valence-corrected chi connectivity index (χ4v) is 4.77. The third-order valence-corrected chi connectivity index (χ3v) is 6.68. The largest absolute Gasteiger partial charge is 0.508 e. The van der Waals surface area contributed by atoms with Crippen molar-refractivity contribution < 1.29 is 24.2 Å². The second-order valence-corrected chi connectivity index (χ2v) is 11.1. The summed E-state index contributed by atoms with van der Waals surface area (Å²) in [5.74, 6) is -0.738. The third kappa shape index (κ3) is 7.87. The van der Waals surface area contributed by atoms with E-state index < -0.39 is 29.7 Å². The molecule has 2 unspecified atom stereocenters. The Hall–Kier alpha value is -4.85. The van der Waals surface area contributed by atoms with Gasteiger partial charge in [-0.25, -0.2) is 4.79 Å². The topological polar surface area (TPSA) is 108 Å². The monoisotopic (exact) mass is 567 g/mol. The van der Waals surface area contributed by atoms with Gasteiger partial charge in [-0.1, -0.05) is 72.8 Å². The molecule has 0 saturated carbocycles. The van der Waals surface area contributed by atoms with Crippen LogP contribution in [0.25, 0.3) is 10.8 Å². The zero-order valence-corrected chi connectivity index (χ0v) is 24.3. The Bertz CT molecular complexity index is 1530. The molecule has 0 heterocycles. The van der Waals surface area contributed by atoms with Crippen molar-refractivity contribution in [2.75, 3.05) is 11.9 Å². The van der Waals surface area contributed by atoms with E-state index in [1.807, 2.05) is 60.7 Å². The quantitative estimate of drug-likeness (QED) is 0.223. The molecule has 3 N–H and O–H groups in total. The first-order valence-corrected chi connectivity index (χ1v) is 14.0. The third-order valence-electron chi connectivity index (χ3n) is 6.68. The number of rotatable bonds is 9. The van der Waals surface area contributed by atoms with Crippen molar-refractivity contribution in [1.82, 2.24) is 10.2 Å². The molecule has 4 aromatic rings. The lowest BCUT2D eigenvalue weighted by atomic mass is 10.00. The molecule has 4 rings (SSSR count). The van der Waals surface area contributed by atoms with Crippen LogP contribution in [0.5, 0.6) is 5.75 Å². The highest BCUT2D eigenvalue weighted by molar-refractivity contribution is 6.00. The number of hydrogen-bond donors (Lipinski definition) is 3. The molecule has 8 nitrogen and oxygen atoms in total. The van der Waals surface area contributed by atoms with Gasteiger partial charge in [-0.05, 0) is 73.9 Å². The van der Waals surface area contributed by atoms with Crippen molar-refractivity contribution in [2.24, 2.45) is 0 Å². The summed E-state index contributed by atoms with van der Waals surface area (Å²) >= 11 is 0. The second-order valence-electron chi connectivity index (χ2n) is 11.1. The maximum atomic E-state index is 14.2. The van der Waals surface area contributed by atoms with E-state index in [1.165, 1.54) is 17.0 Å². The van der Waals surface area contributed by atoms with Crippen molar-refractivity contribution in [3.8, 4) is 5.75 Å². The number of anilines is 1. The van der Waals surface area contributed by atoms with Gasteiger partial charge in [-0.2, -0.15) is 0 Å². The second kappa shape index (κ2) is 13.2. The number of alkyl carbamates (subject to hydrolysis) is 1. The molecule has 0 radical (unpaired) electrons. The average molecular weight is 568 g/mol. The van der Waals surface area contributed by atoms with Gasteiger partial charge in [0.15, 0.2) is 0 Å². The number of amides is 3.